The summed E-state index contributed by atoms with van der Waals surface area (Å²) in [6, 6.07) is 7.74. The molecule has 1 aromatic heterocycles. The van der Waals surface area contributed by atoms with E-state index in [1.54, 1.807) is 11.0 Å². The van der Waals surface area contributed by atoms with Gasteiger partial charge in [0.15, 0.2) is 0 Å². The molecule has 2 rings (SSSR count). The van der Waals surface area contributed by atoms with Gasteiger partial charge in [-0.25, -0.2) is 4.68 Å². The quantitative estimate of drug-likeness (QED) is 0.526. The molecule has 0 saturated heterocycles. The summed E-state index contributed by atoms with van der Waals surface area (Å²) in [5, 5.41) is 10.9. The van der Waals surface area contributed by atoms with Gasteiger partial charge in [0.05, 0.1) is 6.54 Å². The Morgan fingerprint density at radius 3 is 2.64 bits per heavy atom. The number of rotatable bonds is 3. The van der Waals surface area contributed by atoms with E-state index in [1.165, 1.54) is 0 Å². The molecule has 0 aliphatic carbocycles. The second-order valence-electron chi connectivity index (χ2n) is 2.85. The van der Waals surface area contributed by atoms with Crippen molar-refractivity contribution in [2.75, 3.05) is 5.43 Å². The minimum Gasteiger partial charge on any atom is -0.324 e. The number of tetrazole rings is 1. The van der Waals surface area contributed by atoms with E-state index in [2.05, 4.69) is 21.0 Å². The van der Waals surface area contributed by atoms with Crippen LogP contribution in [-0.4, -0.2) is 20.2 Å². The predicted molar refractivity (Wildman–Crippen MR) is 51.2 cm³/mol. The molecule has 0 fully saturated rings. The van der Waals surface area contributed by atoms with Crippen LogP contribution >= 0.6 is 0 Å². The van der Waals surface area contributed by atoms with E-state index >= 15 is 0 Å². The predicted octanol–water partition coefficient (Wildman–Crippen LogP) is 0.00700. The van der Waals surface area contributed by atoms with Gasteiger partial charge < -0.3 is 5.43 Å². The van der Waals surface area contributed by atoms with Crippen molar-refractivity contribution in [2.24, 2.45) is 5.84 Å². The molecule has 0 aliphatic heterocycles. The molecule has 14 heavy (non-hydrogen) atoms. The summed E-state index contributed by atoms with van der Waals surface area (Å²) < 4.78 is 1.66. The largest absolute Gasteiger partial charge is 0.324 e. The number of nitrogens with zero attached hydrogens (tertiary/aromatic N) is 4. The molecule has 0 bridgehead atoms. The zero-order chi connectivity index (χ0) is 9.80. The fourth-order valence-electron chi connectivity index (χ4n) is 1.15. The summed E-state index contributed by atoms with van der Waals surface area (Å²) in [4.78, 5) is 0. The van der Waals surface area contributed by atoms with Crippen molar-refractivity contribution in [3.05, 3.63) is 36.2 Å². The minimum absolute atomic E-state index is 0.665. The molecule has 0 amide bonds. The van der Waals surface area contributed by atoms with Gasteiger partial charge in [-0.15, -0.1) is 5.10 Å². The van der Waals surface area contributed by atoms with Crippen LogP contribution in [0.1, 0.15) is 5.56 Å². The molecule has 0 radical (unpaired) electrons. The first-order valence-electron chi connectivity index (χ1n) is 4.15. The Labute approximate surface area is 80.7 Å². The number of aromatic nitrogens is 4. The van der Waals surface area contributed by atoms with Gasteiger partial charge in [0.2, 0.25) is 0 Å². The molecule has 0 spiro atoms. The number of nitrogen functional groups attached to an aromatic ring is 1. The van der Waals surface area contributed by atoms with E-state index in [9.17, 15) is 0 Å². The van der Waals surface area contributed by atoms with Crippen molar-refractivity contribution in [1.29, 1.82) is 0 Å². The van der Waals surface area contributed by atoms with Crippen LogP contribution in [0.4, 0.5) is 5.69 Å². The highest BCUT2D eigenvalue weighted by Gasteiger charge is 1.96. The maximum absolute atomic E-state index is 5.25. The monoisotopic (exact) mass is 190 g/mol. The lowest BCUT2D eigenvalue weighted by atomic mass is 10.2. The van der Waals surface area contributed by atoms with Gasteiger partial charge >= 0.3 is 0 Å². The van der Waals surface area contributed by atoms with Gasteiger partial charge in [-0.2, -0.15) is 0 Å². The number of nitrogens with two attached hydrogens (primary N) is 1. The number of benzene rings is 1. The molecule has 0 atom stereocenters. The molecular weight excluding hydrogens is 180 g/mol. The number of hydrogen-bond acceptors (Lipinski definition) is 5. The van der Waals surface area contributed by atoms with Crippen molar-refractivity contribution < 1.29 is 0 Å². The summed E-state index contributed by atoms with van der Waals surface area (Å²) in [5.74, 6) is 5.25. The van der Waals surface area contributed by atoms with E-state index in [-0.39, 0.29) is 0 Å². The fraction of sp³-hybridized carbons (Fsp3) is 0.125. The highest BCUT2D eigenvalue weighted by atomic mass is 15.5. The second kappa shape index (κ2) is 3.84. The van der Waals surface area contributed by atoms with Gasteiger partial charge in [-0.05, 0) is 28.1 Å². The minimum atomic E-state index is 0.665. The van der Waals surface area contributed by atoms with Gasteiger partial charge in [-0.3, -0.25) is 5.84 Å². The molecule has 1 aromatic carbocycles. The lowest BCUT2D eigenvalue weighted by Gasteiger charge is -2.02. The molecule has 0 saturated carbocycles. The summed E-state index contributed by atoms with van der Waals surface area (Å²) in [5.41, 5.74) is 4.57. The first kappa shape index (κ1) is 8.64. The molecule has 2 aromatic rings. The van der Waals surface area contributed by atoms with E-state index < -0.39 is 0 Å². The second-order valence-corrected chi connectivity index (χ2v) is 2.85. The molecule has 6 heteroatoms. The van der Waals surface area contributed by atoms with Crippen molar-refractivity contribution in [2.45, 2.75) is 6.54 Å². The Balaban J connectivity index is 2.10. The summed E-state index contributed by atoms with van der Waals surface area (Å²) in [6.45, 7) is 0.665. The van der Waals surface area contributed by atoms with Crippen LogP contribution < -0.4 is 11.3 Å². The maximum Gasteiger partial charge on any atom is 0.138 e. The topological polar surface area (TPSA) is 81.6 Å². The molecule has 3 N–H and O–H groups in total. The SMILES string of the molecule is NNc1ccc(Cn2cnnn2)cc1. The number of hydrogen-bond donors (Lipinski definition) is 2. The van der Waals surface area contributed by atoms with Gasteiger partial charge in [0, 0.05) is 5.69 Å². The van der Waals surface area contributed by atoms with Crippen LogP contribution in [0.25, 0.3) is 0 Å². The lowest BCUT2D eigenvalue weighted by Crippen LogP contribution is -2.06. The Kier molecular flexibility index (Phi) is 2.37. The molecule has 72 valence electrons. The van der Waals surface area contributed by atoms with Crippen molar-refractivity contribution in [1.82, 2.24) is 20.2 Å². The maximum atomic E-state index is 5.25. The zero-order valence-electron chi connectivity index (χ0n) is 7.46. The zero-order valence-corrected chi connectivity index (χ0v) is 7.46. The Morgan fingerprint density at radius 2 is 2.07 bits per heavy atom. The Hall–Kier alpha value is -1.95. The molecule has 1 heterocycles. The van der Waals surface area contributed by atoms with E-state index in [4.69, 9.17) is 5.84 Å². The Morgan fingerprint density at radius 1 is 1.29 bits per heavy atom. The molecule has 0 unspecified atom stereocenters. The highest BCUT2D eigenvalue weighted by Crippen LogP contribution is 2.08. The van der Waals surface area contributed by atoms with E-state index in [0.717, 1.165) is 11.3 Å². The van der Waals surface area contributed by atoms with Crippen molar-refractivity contribution in [3.63, 3.8) is 0 Å². The van der Waals surface area contributed by atoms with Crippen LogP contribution in [0.15, 0.2) is 30.6 Å². The third-order valence-electron chi connectivity index (χ3n) is 1.86. The number of hydrazine groups is 1. The third-order valence-corrected chi connectivity index (χ3v) is 1.86. The normalized spacial score (nSPS) is 10.1. The number of anilines is 1. The lowest BCUT2D eigenvalue weighted by molar-refractivity contribution is 0.648. The molecule has 6 nitrogen and oxygen atoms in total. The number of nitrogens with one attached hydrogen (secondary N) is 1. The summed E-state index contributed by atoms with van der Waals surface area (Å²) in [6.07, 6.45) is 1.58. The fourth-order valence-corrected chi connectivity index (χ4v) is 1.15. The summed E-state index contributed by atoms with van der Waals surface area (Å²) in [7, 11) is 0. The average molecular weight is 190 g/mol. The smallest absolute Gasteiger partial charge is 0.138 e. The molecular formula is C8H10N6. The van der Waals surface area contributed by atoms with Gasteiger partial charge in [0.1, 0.15) is 6.33 Å². The molecule has 0 aliphatic rings. The standard InChI is InChI=1S/C8H10N6/c9-11-8-3-1-7(2-4-8)5-14-6-10-12-13-14/h1-4,6,11H,5,9H2. The first-order chi connectivity index (χ1) is 6.88. The van der Waals surface area contributed by atoms with E-state index in [0.29, 0.717) is 6.54 Å². The van der Waals surface area contributed by atoms with Gasteiger partial charge in [-0.1, -0.05) is 12.1 Å². The van der Waals surface area contributed by atoms with Crippen LogP contribution in [0.5, 0.6) is 0 Å². The van der Waals surface area contributed by atoms with Crippen LogP contribution in [0.2, 0.25) is 0 Å². The third kappa shape index (κ3) is 1.86. The highest BCUT2D eigenvalue weighted by molar-refractivity contribution is 5.43. The summed E-state index contributed by atoms with van der Waals surface area (Å²) >= 11 is 0. The van der Waals surface area contributed by atoms with Crippen LogP contribution in [-0.2, 0) is 6.54 Å². The van der Waals surface area contributed by atoms with E-state index in [1.807, 2.05) is 24.3 Å². The Bertz CT molecular complexity index is 379. The van der Waals surface area contributed by atoms with Crippen molar-refractivity contribution in [3.8, 4) is 0 Å². The van der Waals surface area contributed by atoms with Gasteiger partial charge in [0.25, 0.3) is 0 Å². The first-order valence-corrected chi connectivity index (χ1v) is 4.15. The average Bonchev–Trinajstić information content (AvgIpc) is 2.72. The van der Waals surface area contributed by atoms with Crippen LogP contribution in [0, 0.1) is 0 Å². The van der Waals surface area contributed by atoms with Crippen LogP contribution in [0.3, 0.4) is 0 Å². The van der Waals surface area contributed by atoms with Crippen molar-refractivity contribution >= 4 is 5.69 Å².